The molecule has 0 aliphatic carbocycles. The summed E-state index contributed by atoms with van der Waals surface area (Å²) in [6, 6.07) is 0. The Labute approximate surface area is 120 Å². The Balaban J connectivity index is 3.70. The number of carboxylic acid groups (broad SMARTS) is 1. The number of aliphatic carboxylic acids is 1. The van der Waals surface area contributed by atoms with E-state index >= 15 is 0 Å². The highest BCUT2D eigenvalue weighted by Gasteiger charge is 2.17. The molecule has 19 heavy (non-hydrogen) atoms. The molecule has 0 heterocycles. The van der Waals surface area contributed by atoms with Crippen LogP contribution in [0.15, 0.2) is 0 Å². The second kappa shape index (κ2) is 12.3. The van der Waals surface area contributed by atoms with Crippen molar-refractivity contribution in [2.75, 3.05) is 18.1 Å². The number of rotatable bonds is 12. The number of ether oxygens (including phenoxy) is 1. The second-order valence-electron chi connectivity index (χ2n) is 4.51. The minimum atomic E-state index is -0.722. The Bertz CT molecular complexity index is 256. The zero-order chi connectivity index (χ0) is 14.5. The van der Waals surface area contributed by atoms with Gasteiger partial charge in [0, 0.05) is 11.5 Å². The first-order valence-electron chi connectivity index (χ1n) is 7.07. The van der Waals surface area contributed by atoms with E-state index in [1.807, 2.05) is 0 Å². The Kier molecular flexibility index (Phi) is 11.9. The van der Waals surface area contributed by atoms with Crippen LogP contribution in [0.1, 0.15) is 52.4 Å². The van der Waals surface area contributed by atoms with E-state index in [1.54, 1.807) is 6.92 Å². The lowest BCUT2D eigenvalue weighted by Gasteiger charge is -2.11. The van der Waals surface area contributed by atoms with Gasteiger partial charge in [-0.25, -0.2) is 0 Å². The van der Waals surface area contributed by atoms with Crippen LogP contribution in [0.4, 0.5) is 0 Å². The average Bonchev–Trinajstić information content (AvgIpc) is 2.36. The molecule has 0 fully saturated rings. The molecule has 1 atom stereocenters. The van der Waals surface area contributed by atoms with Gasteiger partial charge in [0.2, 0.25) is 0 Å². The van der Waals surface area contributed by atoms with Crippen molar-refractivity contribution in [2.24, 2.45) is 5.92 Å². The SMILES string of the molecule is CCCCCCC(CSCCC(=O)OCC)C(=O)O. The highest BCUT2D eigenvalue weighted by atomic mass is 32.2. The van der Waals surface area contributed by atoms with Crippen LogP contribution < -0.4 is 0 Å². The first kappa shape index (κ1) is 18.3. The largest absolute Gasteiger partial charge is 0.481 e. The maximum Gasteiger partial charge on any atom is 0.307 e. The molecule has 0 aliphatic heterocycles. The monoisotopic (exact) mass is 290 g/mol. The molecule has 4 nitrogen and oxygen atoms in total. The van der Waals surface area contributed by atoms with Gasteiger partial charge in [-0.1, -0.05) is 32.6 Å². The van der Waals surface area contributed by atoms with Gasteiger partial charge in [0.1, 0.15) is 0 Å². The Morgan fingerprint density at radius 2 is 1.95 bits per heavy atom. The second-order valence-corrected chi connectivity index (χ2v) is 5.66. The number of hydrogen-bond donors (Lipinski definition) is 1. The highest BCUT2D eigenvalue weighted by Crippen LogP contribution is 2.17. The number of hydrogen-bond acceptors (Lipinski definition) is 4. The van der Waals surface area contributed by atoms with Crippen molar-refractivity contribution in [3.8, 4) is 0 Å². The van der Waals surface area contributed by atoms with Gasteiger partial charge in [-0.15, -0.1) is 0 Å². The van der Waals surface area contributed by atoms with Crippen LogP contribution in [0, 0.1) is 5.92 Å². The van der Waals surface area contributed by atoms with E-state index in [2.05, 4.69) is 6.92 Å². The molecule has 1 N–H and O–H groups in total. The van der Waals surface area contributed by atoms with Crippen molar-refractivity contribution in [3.05, 3.63) is 0 Å². The molecular formula is C14H26O4S. The quantitative estimate of drug-likeness (QED) is 0.441. The summed E-state index contributed by atoms with van der Waals surface area (Å²) in [5.74, 6) is 0.00679. The zero-order valence-electron chi connectivity index (χ0n) is 12.0. The summed E-state index contributed by atoms with van der Waals surface area (Å²) < 4.78 is 4.82. The Morgan fingerprint density at radius 3 is 2.53 bits per heavy atom. The number of carboxylic acids is 1. The van der Waals surface area contributed by atoms with E-state index < -0.39 is 5.97 Å². The molecule has 112 valence electrons. The van der Waals surface area contributed by atoms with Gasteiger partial charge in [-0.3, -0.25) is 9.59 Å². The number of carbonyl (C=O) groups is 2. The molecule has 0 aromatic heterocycles. The van der Waals surface area contributed by atoms with E-state index in [9.17, 15) is 9.59 Å². The summed E-state index contributed by atoms with van der Waals surface area (Å²) in [7, 11) is 0. The summed E-state index contributed by atoms with van der Waals surface area (Å²) >= 11 is 1.53. The summed E-state index contributed by atoms with van der Waals surface area (Å²) in [5.41, 5.74) is 0. The predicted octanol–water partition coefficient (Wildman–Crippen LogP) is 3.34. The van der Waals surface area contributed by atoms with Crippen molar-refractivity contribution in [3.63, 3.8) is 0 Å². The van der Waals surface area contributed by atoms with Gasteiger partial charge < -0.3 is 9.84 Å². The van der Waals surface area contributed by atoms with Crippen molar-refractivity contribution in [2.45, 2.75) is 52.4 Å². The molecule has 0 aromatic carbocycles. The first-order valence-corrected chi connectivity index (χ1v) is 8.23. The maximum atomic E-state index is 11.1. The standard InChI is InChI=1S/C14H26O4S/c1-3-5-6-7-8-12(14(16)17)11-19-10-9-13(15)18-4-2/h12H,3-11H2,1-2H3,(H,16,17). The fourth-order valence-corrected chi connectivity index (χ4v) is 2.78. The van der Waals surface area contributed by atoms with Crippen LogP contribution in [0.25, 0.3) is 0 Å². The smallest absolute Gasteiger partial charge is 0.307 e. The van der Waals surface area contributed by atoms with E-state index in [0.717, 1.165) is 25.7 Å². The molecule has 0 saturated carbocycles. The van der Waals surface area contributed by atoms with Crippen LogP contribution in [-0.2, 0) is 14.3 Å². The van der Waals surface area contributed by atoms with Gasteiger partial charge in [-0.05, 0) is 13.3 Å². The Morgan fingerprint density at radius 1 is 1.21 bits per heavy atom. The number of thioether (sulfide) groups is 1. The van der Waals surface area contributed by atoms with Gasteiger partial charge in [0.25, 0.3) is 0 Å². The maximum absolute atomic E-state index is 11.1. The fraction of sp³-hybridized carbons (Fsp3) is 0.857. The van der Waals surface area contributed by atoms with E-state index in [-0.39, 0.29) is 11.9 Å². The zero-order valence-corrected chi connectivity index (χ0v) is 12.8. The van der Waals surface area contributed by atoms with Crippen molar-refractivity contribution < 1.29 is 19.4 Å². The minimum Gasteiger partial charge on any atom is -0.481 e. The molecule has 0 bridgehead atoms. The fourth-order valence-electron chi connectivity index (χ4n) is 1.71. The molecule has 1 unspecified atom stereocenters. The number of unbranched alkanes of at least 4 members (excludes halogenated alkanes) is 3. The van der Waals surface area contributed by atoms with Gasteiger partial charge >= 0.3 is 11.9 Å². The predicted molar refractivity (Wildman–Crippen MR) is 78.5 cm³/mol. The summed E-state index contributed by atoms with van der Waals surface area (Å²) in [6.45, 7) is 4.32. The molecular weight excluding hydrogens is 264 g/mol. The van der Waals surface area contributed by atoms with Crippen LogP contribution in [0.3, 0.4) is 0 Å². The van der Waals surface area contributed by atoms with Crippen molar-refractivity contribution in [1.29, 1.82) is 0 Å². The lowest BCUT2D eigenvalue weighted by molar-refractivity contribution is -0.142. The normalized spacial score (nSPS) is 12.1. The van der Waals surface area contributed by atoms with E-state index in [4.69, 9.17) is 9.84 Å². The van der Waals surface area contributed by atoms with Gasteiger partial charge in [-0.2, -0.15) is 11.8 Å². The topological polar surface area (TPSA) is 63.6 Å². The van der Waals surface area contributed by atoms with Crippen LogP contribution in [0.2, 0.25) is 0 Å². The average molecular weight is 290 g/mol. The molecule has 0 saturated heterocycles. The minimum absolute atomic E-state index is 0.204. The first-order chi connectivity index (χ1) is 9.11. The molecule has 0 aromatic rings. The number of carbonyl (C=O) groups excluding carboxylic acids is 1. The van der Waals surface area contributed by atoms with Gasteiger partial charge in [0.15, 0.2) is 0 Å². The van der Waals surface area contributed by atoms with E-state index in [1.165, 1.54) is 18.2 Å². The molecule has 0 radical (unpaired) electrons. The molecule has 0 spiro atoms. The molecule has 0 amide bonds. The van der Waals surface area contributed by atoms with E-state index in [0.29, 0.717) is 24.5 Å². The third kappa shape index (κ3) is 10.9. The molecule has 5 heteroatoms. The highest BCUT2D eigenvalue weighted by molar-refractivity contribution is 7.99. The third-order valence-corrected chi connectivity index (χ3v) is 3.96. The Hall–Kier alpha value is -0.710. The molecule has 0 aliphatic rings. The summed E-state index contributed by atoms with van der Waals surface area (Å²) in [4.78, 5) is 22.2. The van der Waals surface area contributed by atoms with Crippen LogP contribution in [0.5, 0.6) is 0 Å². The third-order valence-electron chi connectivity index (χ3n) is 2.83. The van der Waals surface area contributed by atoms with Crippen LogP contribution in [-0.4, -0.2) is 35.2 Å². The lowest BCUT2D eigenvalue weighted by Crippen LogP contribution is -2.17. The number of esters is 1. The summed E-state index contributed by atoms with van der Waals surface area (Å²) in [5, 5.41) is 9.12. The lowest BCUT2D eigenvalue weighted by atomic mass is 10.0. The van der Waals surface area contributed by atoms with Crippen molar-refractivity contribution >= 4 is 23.7 Å². The van der Waals surface area contributed by atoms with Gasteiger partial charge in [0.05, 0.1) is 18.9 Å². The van der Waals surface area contributed by atoms with Crippen molar-refractivity contribution in [1.82, 2.24) is 0 Å². The van der Waals surface area contributed by atoms with Crippen LogP contribution >= 0.6 is 11.8 Å². The molecule has 0 rings (SSSR count). The summed E-state index contributed by atoms with van der Waals surface area (Å²) in [6.07, 6.45) is 5.51.